The molecular weight excluding hydrogens is 244 g/mol. The highest BCUT2D eigenvalue weighted by Gasteiger charge is 2.12. The van der Waals surface area contributed by atoms with Crippen LogP contribution in [0.4, 0.5) is 5.69 Å². The molecule has 86 valence electrons. The predicted octanol–water partition coefficient (Wildman–Crippen LogP) is 2.42. The lowest BCUT2D eigenvalue weighted by Crippen LogP contribution is -1.94. The molecule has 0 aliphatic heterocycles. The molecule has 0 bridgehead atoms. The van der Waals surface area contributed by atoms with Gasteiger partial charge in [0.05, 0.1) is 10.6 Å². The Bertz CT molecular complexity index is 593. The van der Waals surface area contributed by atoms with Crippen molar-refractivity contribution in [3.63, 3.8) is 0 Å². The normalized spacial score (nSPS) is 10.1. The monoisotopic (exact) mass is 250 g/mol. The third kappa shape index (κ3) is 2.28. The summed E-state index contributed by atoms with van der Waals surface area (Å²) in [6.07, 6.45) is 0. The van der Waals surface area contributed by atoms with Crippen LogP contribution in [0, 0.1) is 10.1 Å². The molecule has 1 aromatic heterocycles. The summed E-state index contributed by atoms with van der Waals surface area (Å²) in [6.45, 7) is 0. The second-order valence-electron chi connectivity index (χ2n) is 3.15. The van der Waals surface area contributed by atoms with E-state index in [4.69, 9.17) is 5.11 Å². The number of nitro benzene ring substituents is 1. The number of benzene rings is 1. The zero-order chi connectivity index (χ0) is 12.4. The van der Waals surface area contributed by atoms with Crippen LogP contribution in [0.2, 0.25) is 0 Å². The number of carboxylic acids is 1. The lowest BCUT2D eigenvalue weighted by Gasteiger charge is -1.96. The topological polar surface area (TPSA) is 93.3 Å². The van der Waals surface area contributed by atoms with Crippen molar-refractivity contribution < 1.29 is 14.8 Å². The number of aromatic nitrogens is 1. The van der Waals surface area contributed by atoms with Crippen LogP contribution in [-0.4, -0.2) is 21.0 Å². The summed E-state index contributed by atoms with van der Waals surface area (Å²) in [7, 11) is 0. The first-order chi connectivity index (χ1) is 8.08. The molecule has 0 aliphatic carbocycles. The third-order valence-corrected chi connectivity index (χ3v) is 2.87. The molecular formula is C10H6N2O4S. The SMILES string of the molecule is O=C(O)c1nc(-c2cccc([N+](=O)[O-])c2)cs1. The predicted molar refractivity (Wildman–Crippen MR) is 61.2 cm³/mol. The van der Waals surface area contributed by atoms with Gasteiger partial charge in [0.25, 0.3) is 5.69 Å². The number of hydrogen-bond acceptors (Lipinski definition) is 5. The molecule has 0 spiro atoms. The van der Waals surface area contributed by atoms with Gasteiger partial charge in [-0.1, -0.05) is 12.1 Å². The van der Waals surface area contributed by atoms with Crippen molar-refractivity contribution in [3.05, 3.63) is 44.8 Å². The van der Waals surface area contributed by atoms with Crippen molar-refractivity contribution in [3.8, 4) is 11.3 Å². The van der Waals surface area contributed by atoms with Gasteiger partial charge in [0, 0.05) is 23.1 Å². The molecule has 0 unspecified atom stereocenters. The first kappa shape index (κ1) is 11.2. The van der Waals surface area contributed by atoms with Gasteiger partial charge in [0.2, 0.25) is 5.01 Å². The molecule has 0 aliphatic rings. The number of non-ortho nitro benzene ring substituents is 1. The molecule has 1 N–H and O–H groups in total. The highest BCUT2D eigenvalue weighted by Crippen LogP contribution is 2.25. The van der Waals surface area contributed by atoms with Crippen LogP contribution in [0.3, 0.4) is 0 Å². The fourth-order valence-corrected chi connectivity index (χ4v) is 1.95. The molecule has 0 atom stereocenters. The second-order valence-corrected chi connectivity index (χ2v) is 4.01. The number of nitrogens with zero attached hydrogens (tertiary/aromatic N) is 2. The number of aromatic carboxylic acids is 1. The minimum atomic E-state index is -1.10. The third-order valence-electron chi connectivity index (χ3n) is 2.04. The van der Waals surface area contributed by atoms with Crippen molar-refractivity contribution >= 4 is 23.0 Å². The second kappa shape index (κ2) is 4.30. The summed E-state index contributed by atoms with van der Waals surface area (Å²) in [6, 6.07) is 5.91. The number of thiazole rings is 1. The average Bonchev–Trinajstić information content (AvgIpc) is 2.78. The first-order valence-electron chi connectivity index (χ1n) is 4.51. The molecule has 2 rings (SSSR count). The molecule has 0 fully saturated rings. The lowest BCUT2D eigenvalue weighted by atomic mass is 10.1. The minimum Gasteiger partial charge on any atom is -0.476 e. The number of carboxylic acid groups (broad SMARTS) is 1. The largest absolute Gasteiger partial charge is 0.476 e. The molecule has 0 radical (unpaired) electrons. The van der Waals surface area contributed by atoms with E-state index in [0.29, 0.717) is 11.3 Å². The molecule has 1 heterocycles. The average molecular weight is 250 g/mol. The van der Waals surface area contributed by atoms with E-state index in [2.05, 4.69) is 4.98 Å². The van der Waals surface area contributed by atoms with Crippen LogP contribution in [0.15, 0.2) is 29.6 Å². The van der Waals surface area contributed by atoms with Crippen LogP contribution in [0.25, 0.3) is 11.3 Å². The van der Waals surface area contributed by atoms with Crippen LogP contribution in [0.5, 0.6) is 0 Å². The van der Waals surface area contributed by atoms with Crippen molar-refractivity contribution in [1.29, 1.82) is 0 Å². The van der Waals surface area contributed by atoms with Crippen LogP contribution >= 0.6 is 11.3 Å². The molecule has 17 heavy (non-hydrogen) atoms. The van der Waals surface area contributed by atoms with Crippen molar-refractivity contribution in [2.45, 2.75) is 0 Å². The van der Waals surface area contributed by atoms with E-state index in [1.165, 1.54) is 18.2 Å². The lowest BCUT2D eigenvalue weighted by molar-refractivity contribution is -0.384. The van der Waals surface area contributed by atoms with E-state index in [1.54, 1.807) is 11.4 Å². The Morgan fingerprint density at radius 3 is 2.82 bits per heavy atom. The smallest absolute Gasteiger partial charge is 0.365 e. The standard InChI is InChI=1S/C10H6N2O4S/c13-10(14)9-11-8(5-17-9)6-2-1-3-7(4-6)12(15)16/h1-5H,(H,13,14). The Labute approximate surface area is 99.3 Å². The van der Waals surface area contributed by atoms with Crippen molar-refractivity contribution in [2.24, 2.45) is 0 Å². The van der Waals surface area contributed by atoms with Crippen LogP contribution in [-0.2, 0) is 0 Å². The van der Waals surface area contributed by atoms with E-state index in [1.807, 2.05) is 0 Å². The Hall–Kier alpha value is -2.28. The minimum absolute atomic E-state index is 0.0356. The highest BCUT2D eigenvalue weighted by atomic mass is 32.1. The summed E-state index contributed by atoms with van der Waals surface area (Å²) in [5.74, 6) is -1.10. The first-order valence-corrected chi connectivity index (χ1v) is 5.39. The van der Waals surface area contributed by atoms with E-state index >= 15 is 0 Å². The number of carbonyl (C=O) groups is 1. The van der Waals surface area contributed by atoms with Crippen LogP contribution in [0.1, 0.15) is 9.80 Å². The summed E-state index contributed by atoms with van der Waals surface area (Å²) in [5, 5.41) is 20.8. The number of rotatable bonds is 3. The van der Waals surface area contributed by atoms with Gasteiger partial charge in [0.15, 0.2) is 0 Å². The van der Waals surface area contributed by atoms with Gasteiger partial charge in [-0.2, -0.15) is 0 Å². The van der Waals surface area contributed by atoms with E-state index in [0.717, 1.165) is 11.3 Å². The maximum absolute atomic E-state index is 10.7. The van der Waals surface area contributed by atoms with Gasteiger partial charge >= 0.3 is 5.97 Å². The van der Waals surface area contributed by atoms with E-state index < -0.39 is 10.9 Å². The molecule has 0 saturated carbocycles. The highest BCUT2D eigenvalue weighted by molar-refractivity contribution is 7.11. The Morgan fingerprint density at radius 2 is 2.24 bits per heavy atom. The Balaban J connectivity index is 2.42. The summed E-state index contributed by atoms with van der Waals surface area (Å²) in [4.78, 5) is 24.6. The van der Waals surface area contributed by atoms with Gasteiger partial charge in [-0.3, -0.25) is 10.1 Å². The zero-order valence-electron chi connectivity index (χ0n) is 8.36. The quantitative estimate of drug-likeness (QED) is 0.666. The Kier molecular flexibility index (Phi) is 2.84. The van der Waals surface area contributed by atoms with Crippen LogP contribution < -0.4 is 0 Å². The fraction of sp³-hybridized carbons (Fsp3) is 0. The molecule has 1 aromatic carbocycles. The van der Waals surface area contributed by atoms with Gasteiger partial charge < -0.3 is 5.11 Å². The molecule has 6 nitrogen and oxygen atoms in total. The maximum Gasteiger partial charge on any atom is 0.365 e. The van der Waals surface area contributed by atoms with Gasteiger partial charge in [-0.25, -0.2) is 9.78 Å². The summed E-state index contributed by atoms with van der Waals surface area (Å²) >= 11 is 0.986. The maximum atomic E-state index is 10.7. The summed E-state index contributed by atoms with van der Waals surface area (Å²) < 4.78 is 0. The van der Waals surface area contributed by atoms with E-state index in [-0.39, 0.29) is 10.7 Å². The molecule has 2 aromatic rings. The summed E-state index contributed by atoms with van der Waals surface area (Å²) in [5.41, 5.74) is 0.909. The van der Waals surface area contributed by atoms with E-state index in [9.17, 15) is 14.9 Å². The molecule has 7 heteroatoms. The van der Waals surface area contributed by atoms with Gasteiger partial charge in [0.1, 0.15) is 0 Å². The van der Waals surface area contributed by atoms with Crippen molar-refractivity contribution in [2.75, 3.05) is 0 Å². The fourth-order valence-electron chi connectivity index (χ4n) is 1.28. The number of hydrogen-bond donors (Lipinski definition) is 1. The van der Waals surface area contributed by atoms with Crippen molar-refractivity contribution in [1.82, 2.24) is 4.98 Å². The number of nitro groups is 1. The van der Waals surface area contributed by atoms with Gasteiger partial charge in [-0.15, -0.1) is 11.3 Å². The molecule has 0 saturated heterocycles. The zero-order valence-corrected chi connectivity index (χ0v) is 9.18. The Morgan fingerprint density at radius 1 is 1.47 bits per heavy atom. The molecule has 0 amide bonds. The van der Waals surface area contributed by atoms with Gasteiger partial charge in [-0.05, 0) is 0 Å².